The van der Waals surface area contributed by atoms with Gasteiger partial charge >= 0.3 is 0 Å². The number of carbonyl (C=O) groups is 4. The van der Waals surface area contributed by atoms with Crippen LogP contribution >= 0.6 is 0 Å². The van der Waals surface area contributed by atoms with E-state index in [1.165, 1.54) is 17.0 Å². The Morgan fingerprint density at radius 3 is 2.21 bits per heavy atom. The van der Waals surface area contributed by atoms with Crippen molar-refractivity contribution in [2.45, 2.75) is 26.4 Å². The van der Waals surface area contributed by atoms with E-state index in [2.05, 4.69) is 5.32 Å². The summed E-state index contributed by atoms with van der Waals surface area (Å²) in [4.78, 5) is 57.0. The summed E-state index contributed by atoms with van der Waals surface area (Å²) in [7, 11) is 3.82. The van der Waals surface area contributed by atoms with Crippen LogP contribution in [0.15, 0.2) is 72.8 Å². The zero-order valence-corrected chi connectivity index (χ0v) is 22.3. The fourth-order valence-corrected chi connectivity index (χ4v) is 4.65. The molecule has 1 atom stereocenters. The fraction of sp³-hybridized carbons (Fsp3) is 0.267. The minimum absolute atomic E-state index is 0.195. The van der Waals surface area contributed by atoms with Crippen LogP contribution in [0.1, 0.15) is 29.8 Å². The van der Waals surface area contributed by atoms with Crippen molar-refractivity contribution in [2.75, 3.05) is 35.8 Å². The van der Waals surface area contributed by atoms with E-state index in [0.717, 1.165) is 10.6 Å². The smallest absolute Gasteiger partial charge is 0.299 e. The molecule has 202 valence electrons. The second-order valence-corrected chi connectivity index (χ2v) is 9.97. The standard InChI is InChI=1S/C30H31FN4O4/c1-19(2)27(29(38)32-21-13-15-22(16-14-21)33(3)4)35(17-20-9-5-7-11-24(20)31)26(36)18-34-25-12-8-6-10-23(25)28(37)30(34)39/h5-16,19,27H,17-18H2,1-4H3,(H,32,38). The van der Waals surface area contributed by atoms with Gasteiger partial charge in [0.25, 0.3) is 11.7 Å². The van der Waals surface area contributed by atoms with Crippen molar-refractivity contribution >= 4 is 40.6 Å². The van der Waals surface area contributed by atoms with Crippen LogP contribution in [0.4, 0.5) is 21.5 Å². The minimum Gasteiger partial charge on any atom is -0.378 e. The summed E-state index contributed by atoms with van der Waals surface area (Å²) in [6.07, 6.45) is 0. The molecule has 1 unspecified atom stereocenters. The number of anilines is 3. The average molecular weight is 531 g/mol. The predicted molar refractivity (Wildman–Crippen MR) is 148 cm³/mol. The number of nitrogens with one attached hydrogen (secondary N) is 1. The summed E-state index contributed by atoms with van der Waals surface area (Å²) in [5.74, 6) is -3.43. The van der Waals surface area contributed by atoms with E-state index in [1.54, 1.807) is 62.4 Å². The maximum atomic E-state index is 14.7. The number of hydrogen-bond acceptors (Lipinski definition) is 5. The fourth-order valence-electron chi connectivity index (χ4n) is 4.65. The first-order valence-electron chi connectivity index (χ1n) is 12.6. The Kier molecular flexibility index (Phi) is 8.09. The van der Waals surface area contributed by atoms with Gasteiger partial charge in [-0.3, -0.25) is 24.1 Å². The lowest BCUT2D eigenvalue weighted by molar-refractivity contribution is -0.140. The molecule has 3 aromatic rings. The number of hydrogen-bond donors (Lipinski definition) is 1. The maximum Gasteiger partial charge on any atom is 0.299 e. The molecule has 8 nitrogen and oxygen atoms in total. The van der Waals surface area contributed by atoms with E-state index in [4.69, 9.17) is 0 Å². The highest BCUT2D eigenvalue weighted by atomic mass is 19.1. The Morgan fingerprint density at radius 1 is 0.923 bits per heavy atom. The van der Waals surface area contributed by atoms with Gasteiger partial charge in [-0.15, -0.1) is 0 Å². The summed E-state index contributed by atoms with van der Waals surface area (Å²) in [5.41, 5.74) is 2.27. The molecule has 0 aliphatic carbocycles. The third-order valence-corrected chi connectivity index (χ3v) is 6.68. The first-order chi connectivity index (χ1) is 18.6. The van der Waals surface area contributed by atoms with Crippen LogP contribution < -0.4 is 15.1 Å². The van der Waals surface area contributed by atoms with Crippen molar-refractivity contribution < 1.29 is 23.6 Å². The van der Waals surface area contributed by atoms with Crippen molar-refractivity contribution in [1.82, 2.24) is 4.90 Å². The number of para-hydroxylation sites is 1. The molecule has 0 aromatic heterocycles. The first kappa shape index (κ1) is 27.5. The summed E-state index contributed by atoms with van der Waals surface area (Å²) in [5, 5.41) is 2.87. The van der Waals surface area contributed by atoms with Gasteiger partial charge < -0.3 is 15.1 Å². The summed E-state index contributed by atoms with van der Waals surface area (Å²) in [6.45, 7) is 2.92. The highest BCUT2D eigenvalue weighted by Crippen LogP contribution is 2.29. The molecule has 4 rings (SSSR count). The molecule has 3 aromatic carbocycles. The second-order valence-electron chi connectivity index (χ2n) is 9.97. The largest absolute Gasteiger partial charge is 0.378 e. The molecule has 0 fully saturated rings. The Bertz CT molecular complexity index is 1400. The second kappa shape index (κ2) is 11.5. The number of amides is 3. The van der Waals surface area contributed by atoms with Crippen LogP contribution in [0, 0.1) is 11.7 Å². The third kappa shape index (κ3) is 5.82. The molecular weight excluding hydrogens is 499 g/mol. The molecule has 1 N–H and O–H groups in total. The highest BCUT2D eigenvalue weighted by Gasteiger charge is 2.39. The molecule has 0 spiro atoms. The Labute approximate surface area is 227 Å². The van der Waals surface area contributed by atoms with E-state index < -0.39 is 41.9 Å². The molecule has 0 saturated heterocycles. The van der Waals surface area contributed by atoms with E-state index in [9.17, 15) is 23.6 Å². The number of carbonyl (C=O) groups excluding carboxylic acids is 4. The molecule has 1 heterocycles. The number of halogens is 1. The molecular formula is C30H31FN4O4. The molecule has 3 amide bonds. The lowest BCUT2D eigenvalue weighted by Gasteiger charge is -2.34. The van der Waals surface area contributed by atoms with Gasteiger partial charge in [-0.2, -0.15) is 0 Å². The van der Waals surface area contributed by atoms with Gasteiger partial charge in [0.2, 0.25) is 11.8 Å². The Hall–Kier alpha value is -4.53. The van der Waals surface area contributed by atoms with Crippen LogP contribution in [0.25, 0.3) is 0 Å². The van der Waals surface area contributed by atoms with Gasteiger partial charge in [-0.1, -0.05) is 44.2 Å². The topological polar surface area (TPSA) is 90.0 Å². The van der Waals surface area contributed by atoms with Gasteiger partial charge in [0.15, 0.2) is 0 Å². The Balaban J connectivity index is 1.65. The number of nitrogens with zero attached hydrogens (tertiary/aromatic N) is 3. The van der Waals surface area contributed by atoms with Crippen LogP contribution in [-0.4, -0.2) is 55.1 Å². The summed E-state index contributed by atoms with van der Waals surface area (Å²) < 4.78 is 14.7. The summed E-state index contributed by atoms with van der Waals surface area (Å²) >= 11 is 0. The van der Waals surface area contributed by atoms with Crippen molar-refractivity contribution in [2.24, 2.45) is 5.92 Å². The predicted octanol–water partition coefficient (Wildman–Crippen LogP) is 4.11. The van der Waals surface area contributed by atoms with Gasteiger partial charge in [0, 0.05) is 37.6 Å². The van der Waals surface area contributed by atoms with Gasteiger partial charge in [-0.05, 0) is 48.4 Å². The maximum absolute atomic E-state index is 14.7. The highest BCUT2D eigenvalue weighted by molar-refractivity contribution is 6.52. The number of rotatable bonds is 9. The number of benzene rings is 3. The molecule has 0 bridgehead atoms. The van der Waals surface area contributed by atoms with E-state index in [1.807, 2.05) is 31.1 Å². The van der Waals surface area contributed by atoms with E-state index in [-0.39, 0.29) is 23.6 Å². The summed E-state index contributed by atoms with van der Waals surface area (Å²) in [6, 6.07) is 18.7. The van der Waals surface area contributed by atoms with Gasteiger partial charge in [0.05, 0.1) is 11.3 Å². The average Bonchev–Trinajstić information content (AvgIpc) is 3.14. The molecule has 0 radical (unpaired) electrons. The zero-order chi connectivity index (χ0) is 28.3. The van der Waals surface area contributed by atoms with Crippen molar-refractivity contribution in [1.29, 1.82) is 0 Å². The first-order valence-corrected chi connectivity index (χ1v) is 12.6. The molecule has 9 heteroatoms. The number of Topliss-reactive ketones (excluding diaryl/α,β-unsaturated/α-hetero) is 1. The van der Waals surface area contributed by atoms with Gasteiger partial charge in [-0.25, -0.2) is 4.39 Å². The lowest BCUT2D eigenvalue weighted by Crippen LogP contribution is -2.53. The van der Waals surface area contributed by atoms with Crippen LogP contribution in [0.2, 0.25) is 0 Å². The third-order valence-electron chi connectivity index (χ3n) is 6.68. The van der Waals surface area contributed by atoms with Crippen molar-refractivity contribution in [3.8, 4) is 0 Å². The molecule has 39 heavy (non-hydrogen) atoms. The minimum atomic E-state index is -0.991. The number of fused-ring (bicyclic) bond motifs is 1. The molecule has 1 aliphatic rings. The van der Waals surface area contributed by atoms with Crippen LogP contribution in [-0.2, 0) is 20.9 Å². The molecule has 1 aliphatic heterocycles. The van der Waals surface area contributed by atoms with E-state index in [0.29, 0.717) is 11.4 Å². The Morgan fingerprint density at radius 2 is 1.56 bits per heavy atom. The van der Waals surface area contributed by atoms with Crippen LogP contribution in [0.5, 0.6) is 0 Å². The lowest BCUT2D eigenvalue weighted by atomic mass is 9.99. The van der Waals surface area contributed by atoms with Crippen LogP contribution in [0.3, 0.4) is 0 Å². The van der Waals surface area contributed by atoms with E-state index >= 15 is 0 Å². The van der Waals surface area contributed by atoms with Crippen molar-refractivity contribution in [3.63, 3.8) is 0 Å². The molecule has 0 saturated carbocycles. The zero-order valence-electron chi connectivity index (χ0n) is 22.3. The van der Waals surface area contributed by atoms with Gasteiger partial charge in [0.1, 0.15) is 18.4 Å². The normalized spacial score (nSPS) is 13.3. The van der Waals surface area contributed by atoms with Crippen molar-refractivity contribution in [3.05, 3.63) is 89.7 Å². The monoisotopic (exact) mass is 530 g/mol. The number of ketones is 1. The quantitative estimate of drug-likeness (QED) is 0.421. The SMILES string of the molecule is CC(C)C(C(=O)Nc1ccc(N(C)C)cc1)N(Cc1ccccc1F)C(=O)CN1C(=O)C(=O)c2ccccc21.